The van der Waals surface area contributed by atoms with Crippen LogP contribution in [-0.4, -0.2) is 70.8 Å². The van der Waals surface area contributed by atoms with Crippen molar-refractivity contribution in [2.45, 2.75) is 103 Å². The van der Waals surface area contributed by atoms with Crippen molar-refractivity contribution < 1.29 is 34.1 Å². The molecule has 1 aromatic rings. The number of nitrogens with one attached hydrogen (secondary N) is 2. The molecule has 11 heteroatoms. The lowest BCUT2D eigenvalue weighted by Crippen LogP contribution is -2.61. The number of amides is 1. The number of nitrogens with two attached hydrogens (primary N) is 2. The number of benzene rings is 1. The number of carboxylic acids is 2. The Morgan fingerprint density at radius 1 is 1.05 bits per heavy atom. The minimum absolute atomic E-state index is 0.000208. The molecule has 1 aliphatic carbocycles. The summed E-state index contributed by atoms with van der Waals surface area (Å²) in [7, 11) is 0. The van der Waals surface area contributed by atoms with Gasteiger partial charge in [-0.25, -0.2) is 0 Å². The number of primary amides is 1. The van der Waals surface area contributed by atoms with E-state index in [4.69, 9.17) is 26.4 Å². The van der Waals surface area contributed by atoms with E-state index in [1.807, 2.05) is 6.07 Å². The molecule has 1 saturated carbocycles. The Labute approximate surface area is 250 Å². The zero-order chi connectivity index (χ0) is 31.8. The summed E-state index contributed by atoms with van der Waals surface area (Å²) in [6.07, 6.45) is 8.08. The highest BCUT2D eigenvalue weighted by molar-refractivity contribution is 5.85. The van der Waals surface area contributed by atoms with Crippen molar-refractivity contribution >= 4 is 23.8 Å². The average molecular weight is 593 g/mol. The highest BCUT2D eigenvalue weighted by Gasteiger charge is 2.38. The molecular formula is C31H52N4O7. The number of carbonyl (C=O) groups is 4. The first-order valence-electron chi connectivity index (χ1n) is 14.9. The Kier molecular flexibility index (Phi) is 16.3. The first kappa shape index (κ1) is 37.0. The van der Waals surface area contributed by atoms with Crippen molar-refractivity contribution in [1.29, 1.82) is 0 Å². The van der Waals surface area contributed by atoms with Crippen LogP contribution in [-0.2, 0) is 30.3 Å². The van der Waals surface area contributed by atoms with E-state index in [-0.39, 0.29) is 25.4 Å². The lowest BCUT2D eigenvalue weighted by Gasteiger charge is -2.35. The maximum atomic E-state index is 11.6. The molecule has 238 valence electrons. The van der Waals surface area contributed by atoms with Gasteiger partial charge in [-0.05, 0) is 84.4 Å². The molecule has 8 N–H and O–H groups in total. The van der Waals surface area contributed by atoms with Gasteiger partial charge < -0.3 is 31.7 Å². The fourth-order valence-electron chi connectivity index (χ4n) is 5.00. The second-order valence-corrected chi connectivity index (χ2v) is 12.2. The lowest BCUT2D eigenvalue weighted by molar-refractivity contribution is -0.154. The van der Waals surface area contributed by atoms with Gasteiger partial charge in [-0.2, -0.15) is 0 Å². The Morgan fingerprint density at radius 2 is 1.62 bits per heavy atom. The molecule has 0 aromatic heterocycles. The smallest absolute Gasteiger partial charge is 0.320 e. The van der Waals surface area contributed by atoms with Crippen LogP contribution in [0.25, 0.3) is 0 Å². The molecular weight excluding hydrogens is 540 g/mol. The summed E-state index contributed by atoms with van der Waals surface area (Å²) >= 11 is 0. The van der Waals surface area contributed by atoms with Crippen molar-refractivity contribution in [3.05, 3.63) is 35.9 Å². The van der Waals surface area contributed by atoms with Crippen LogP contribution in [0.15, 0.2) is 30.3 Å². The standard InChI is InChI=1S/C12H23N3O3.C11H12O4.C8H17N/c1-11(2,3)18-9(16)8-15-12(10(13)17)4-6-14-7-5-12;12-10(13)7-9(11(14)15)6-8-4-2-1-3-5-8;1-7(9)8-5-3-2-4-6-8/h14-15H,4-8H2,1-3H3,(H2,13,17);1-5,9H,6-7H2,(H,12,13)(H,14,15);7-8H,2-6,9H2,1H3/t;9-;7-/m.10/s1. The molecule has 1 aromatic carbocycles. The van der Waals surface area contributed by atoms with E-state index < -0.39 is 34.9 Å². The molecule has 1 aliphatic heterocycles. The predicted molar refractivity (Wildman–Crippen MR) is 162 cm³/mol. The molecule has 0 unspecified atom stereocenters. The Hall–Kier alpha value is -3.02. The zero-order valence-corrected chi connectivity index (χ0v) is 25.7. The maximum absolute atomic E-state index is 11.6. The van der Waals surface area contributed by atoms with E-state index in [1.54, 1.807) is 45.0 Å². The molecule has 0 bridgehead atoms. The summed E-state index contributed by atoms with van der Waals surface area (Å²) in [4.78, 5) is 44.4. The number of hydrogen-bond donors (Lipinski definition) is 6. The van der Waals surface area contributed by atoms with E-state index in [0.29, 0.717) is 32.0 Å². The van der Waals surface area contributed by atoms with Gasteiger partial charge in [-0.1, -0.05) is 49.6 Å². The monoisotopic (exact) mass is 592 g/mol. The summed E-state index contributed by atoms with van der Waals surface area (Å²) in [5.41, 5.74) is 10.7. The second-order valence-electron chi connectivity index (χ2n) is 12.2. The number of carboxylic acid groups (broad SMARTS) is 2. The minimum atomic E-state index is -1.08. The van der Waals surface area contributed by atoms with E-state index >= 15 is 0 Å². The fraction of sp³-hybridized carbons (Fsp3) is 0.677. The van der Waals surface area contributed by atoms with Crippen LogP contribution in [0.4, 0.5) is 0 Å². The molecule has 0 spiro atoms. The largest absolute Gasteiger partial charge is 0.481 e. The molecule has 2 aliphatic rings. The normalized spacial score (nSPS) is 18.1. The first-order valence-corrected chi connectivity index (χ1v) is 14.9. The number of piperidine rings is 1. The van der Waals surface area contributed by atoms with E-state index in [2.05, 4.69) is 17.6 Å². The molecule has 1 heterocycles. The topological polar surface area (TPSA) is 194 Å². The van der Waals surface area contributed by atoms with Gasteiger partial charge in [0.15, 0.2) is 0 Å². The van der Waals surface area contributed by atoms with Crippen molar-refractivity contribution in [2.24, 2.45) is 23.3 Å². The van der Waals surface area contributed by atoms with Crippen LogP contribution in [0.2, 0.25) is 0 Å². The van der Waals surface area contributed by atoms with Crippen molar-refractivity contribution in [2.75, 3.05) is 19.6 Å². The Morgan fingerprint density at radius 3 is 2.05 bits per heavy atom. The second kappa shape index (κ2) is 18.5. The zero-order valence-electron chi connectivity index (χ0n) is 25.7. The summed E-state index contributed by atoms with van der Waals surface area (Å²) in [6.45, 7) is 8.97. The third-order valence-electron chi connectivity index (χ3n) is 7.41. The van der Waals surface area contributed by atoms with E-state index in [9.17, 15) is 19.2 Å². The van der Waals surface area contributed by atoms with Gasteiger partial charge in [0.2, 0.25) is 5.91 Å². The number of rotatable bonds is 10. The molecule has 3 rings (SSSR count). The van der Waals surface area contributed by atoms with Crippen molar-refractivity contribution in [1.82, 2.24) is 10.6 Å². The summed E-state index contributed by atoms with van der Waals surface area (Å²) in [5, 5.41) is 23.5. The third kappa shape index (κ3) is 15.3. The van der Waals surface area contributed by atoms with Gasteiger partial charge in [0, 0.05) is 6.04 Å². The maximum Gasteiger partial charge on any atom is 0.320 e. The van der Waals surface area contributed by atoms with Crippen molar-refractivity contribution in [3.8, 4) is 0 Å². The SMILES string of the molecule is CC(C)(C)OC(=O)CNC1(C(N)=O)CCNCC1.C[C@H](N)C1CCCCC1.O=C(O)C[C@@H](Cc1ccccc1)C(=O)O. The third-order valence-corrected chi connectivity index (χ3v) is 7.41. The molecule has 1 saturated heterocycles. The minimum Gasteiger partial charge on any atom is -0.481 e. The Bertz CT molecular complexity index is 967. The van der Waals surface area contributed by atoms with Crippen LogP contribution in [0.5, 0.6) is 0 Å². The number of aliphatic carboxylic acids is 2. The summed E-state index contributed by atoms with van der Waals surface area (Å²) in [6, 6.07) is 9.45. The van der Waals surface area contributed by atoms with E-state index in [1.165, 1.54) is 32.1 Å². The van der Waals surface area contributed by atoms with Gasteiger partial charge in [-0.3, -0.25) is 24.5 Å². The van der Waals surface area contributed by atoms with Gasteiger partial charge in [0.25, 0.3) is 0 Å². The van der Waals surface area contributed by atoms with Crippen LogP contribution >= 0.6 is 0 Å². The molecule has 42 heavy (non-hydrogen) atoms. The van der Waals surface area contributed by atoms with Gasteiger partial charge in [0.1, 0.15) is 11.1 Å². The number of ether oxygens (including phenoxy) is 1. The van der Waals surface area contributed by atoms with Gasteiger partial charge in [0.05, 0.1) is 18.9 Å². The van der Waals surface area contributed by atoms with Crippen LogP contribution in [0.3, 0.4) is 0 Å². The molecule has 2 fully saturated rings. The number of carbonyl (C=O) groups excluding carboxylic acids is 2. The quantitative estimate of drug-likeness (QED) is 0.220. The predicted octanol–water partition coefficient (Wildman–Crippen LogP) is 2.84. The highest BCUT2D eigenvalue weighted by atomic mass is 16.6. The first-order chi connectivity index (χ1) is 19.6. The number of esters is 1. The number of hydrogen-bond acceptors (Lipinski definition) is 8. The van der Waals surface area contributed by atoms with Gasteiger partial charge >= 0.3 is 17.9 Å². The summed E-state index contributed by atoms with van der Waals surface area (Å²) < 4.78 is 5.18. The van der Waals surface area contributed by atoms with Crippen molar-refractivity contribution in [3.63, 3.8) is 0 Å². The average Bonchev–Trinajstić information content (AvgIpc) is 2.92. The Balaban J connectivity index is 0.000000331. The van der Waals surface area contributed by atoms with E-state index in [0.717, 1.165) is 11.5 Å². The van der Waals surface area contributed by atoms with Crippen LogP contribution in [0, 0.1) is 11.8 Å². The van der Waals surface area contributed by atoms with Crippen LogP contribution < -0.4 is 22.1 Å². The highest BCUT2D eigenvalue weighted by Crippen LogP contribution is 2.25. The van der Waals surface area contributed by atoms with Gasteiger partial charge in [-0.15, -0.1) is 0 Å². The lowest BCUT2D eigenvalue weighted by atomic mass is 9.85. The molecule has 0 radical (unpaired) electrons. The summed E-state index contributed by atoms with van der Waals surface area (Å²) in [5.74, 6) is -2.96. The van der Waals surface area contributed by atoms with Crippen LogP contribution in [0.1, 0.15) is 84.6 Å². The molecule has 2 atom stereocenters. The molecule has 1 amide bonds. The fourth-order valence-corrected chi connectivity index (χ4v) is 5.00. The molecule has 11 nitrogen and oxygen atoms in total.